The summed E-state index contributed by atoms with van der Waals surface area (Å²) in [5.41, 5.74) is 2.14. The van der Waals surface area contributed by atoms with Crippen LogP contribution >= 0.6 is 11.6 Å². The highest BCUT2D eigenvalue weighted by molar-refractivity contribution is 6.30. The molecule has 8 nitrogen and oxygen atoms in total. The molecule has 2 atom stereocenters. The highest BCUT2D eigenvalue weighted by atomic mass is 35.5. The smallest absolute Gasteiger partial charge is 0.293 e. The average Bonchev–Trinajstić information content (AvgIpc) is 3.49. The topological polar surface area (TPSA) is 94.2 Å². The van der Waals surface area contributed by atoms with Gasteiger partial charge in [0, 0.05) is 5.02 Å². The van der Waals surface area contributed by atoms with Crippen molar-refractivity contribution in [3.8, 4) is 5.75 Å². The van der Waals surface area contributed by atoms with E-state index in [1.165, 1.54) is 6.26 Å². The van der Waals surface area contributed by atoms with Gasteiger partial charge in [0.1, 0.15) is 5.75 Å². The molecule has 0 unspecified atom stereocenters. The number of nitrogens with one attached hydrogen (secondary N) is 2. The van der Waals surface area contributed by atoms with Crippen LogP contribution in [0.25, 0.3) is 0 Å². The number of furan rings is 1. The summed E-state index contributed by atoms with van der Waals surface area (Å²) in [5.74, 6) is 1.34. The molecule has 0 saturated carbocycles. The number of carbonyl (C=O) groups excluding carboxylic acids is 1. The standard InChI is InChI=1S/C23H20ClN5O3/c1-31-17-10-6-14(7-11-17)18-13-19(15-4-8-16(24)9-5-15)29-23(25-18)27-22(28-29)26-21(30)20-3-2-12-32-20/h2-12,18-19H,13H2,1H3,(H2,25,26,27,28,30)/t18-,19-/m1/s1. The van der Waals surface area contributed by atoms with E-state index < -0.39 is 5.91 Å². The fourth-order valence-electron chi connectivity index (χ4n) is 3.82. The molecule has 162 valence electrons. The third-order valence-corrected chi connectivity index (χ3v) is 5.68. The summed E-state index contributed by atoms with van der Waals surface area (Å²) in [6.07, 6.45) is 2.17. The fourth-order valence-corrected chi connectivity index (χ4v) is 3.94. The van der Waals surface area contributed by atoms with Crippen molar-refractivity contribution in [3.63, 3.8) is 0 Å². The maximum absolute atomic E-state index is 12.4. The number of halogens is 1. The lowest BCUT2D eigenvalue weighted by Crippen LogP contribution is -2.28. The highest BCUT2D eigenvalue weighted by Gasteiger charge is 2.31. The minimum atomic E-state index is -0.410. The third-order valence-electron chi connectivity index (χ3n) is 5.43. The zero-order valence-electron chi connectivity index (χ0n) is 17.2. The molecule has 1 amide bonds. The Kier molecular flexibility index (Phi) is 5.28. The van der Waals surface area contributed by atoms with Gasteiger partial charge in [-0.3, -0.25) is 10.1 Å². The molecule has 4 aromatic rings. The second-order valence-electron chi connectivity index (χ2n) is 7.41. The maximum atomic E-state index is 12.4. The van der Waals surface area contributed by atoms with Gasteiger partial charge in [-0.1, -0.05) is 35.9 Å². The van der Waals surface area contributed by atoms with Crippen LogP contribution in [0.2, 0.25) is 5.02 Å². The van der Waals surface area contributed by atoms with E-state index in [1.807, 2.05) is 48.5 Å². The van der Waals surface area contributed by atoms with Crippen molar-refractivity contribution in [3.05, 3.63) is 88.8 Å². The van der Waals surface area contributed by atoms with Crippen molar-refractivity contribution in [2.24, 2.45) is 0 Å². The molecule has 0 fully saturated rings. The first kappa shape index (κ1) is 20.1. The molecule has 32 heavy (non-hydrogen) atoms. The van der Waals surface area contributed by atoms with Gasteiger partial charge in [-0.2, -0.15) is 4.98 Å². The minimum absolute atomic E-state index is 0.00749. The summed E-state index contributed by atoms with van der Waals surface area (Å²) in [7, 11) is 1.64. The van der Waals surface area contributed by atoms with Crippen LogP contribution in [0.5, 0.6) is 5.75 Å². The van der Waals surface area contributed by atoms with Gasteiger partial charge in [-0.25, -0.2) is 4.68 Å². The number of carbonyl (C=O) groups is 1. The number of benzene rings is 2. The van der Waals surface area contributed by atoms with Gasteiger partial charge in [0.15, 0.2) is 5.76 Å². The van der Waals surface area contributed by atoms with Crippen molar-refractivity contribution >= 4 is 29.4 Å². The molecule has 2 aromatic heterocycles. The molecule has 0 spiro atoms. The fraction of sp³-hybridized carbons (Fsp3) is 0.174. The van der Waals surface area contributed by atoms with Gasteiger partial charge >= 0.3 is 0 Å². The Morgan fingerprint density at radius 3 is 2.59 bits per heavy atom. The van der Waals surface area contributed by atoms with Crippen LogP contribution in [-0.4, -0.2) is 27.8 Å². The Bertz CT molecular complexity index is 1220. The lowest BCUT2D eigenvalue weighted by molar-refractivity contribution is 0.0995. The van der Waals surface area contributed by atoms with Crippen LogP contribution in [0.1, 0.15) is 40.2 Å². The van der Waals surface area contributed by atoms with E-state index in [2.05, 4.69) is 20.7 Å². The van der Waals surface area contributed by atoms with Crippen LogP contribution in [0.3, 0.4) is 0 Å². The number of nitrogens with zero attached hydrogens (tertiary/aromatic N) is 3. The molecule has 0 radical (unpaired) electrons. The van der Waals surface area contributed by atoms with Crippen molar-refractivity contribution in [1.29, 1.82) is 0 Å². The lowest BCUT2D eigenvalue weighted by atomic mass is 9.93. The largest absolute Gasteiger partial charge is 0.497 e. The predicted octanol–water partition coefficient (Wildman–Crippen LogP) is 4.93. The van der Waals surface area contributed by atoms with E-state index in [9.17, 15) is 4.79 Å². The van der Waals surface area contributed by atoms with E-state index in [1.54, 1.807) is 23.9 Å². The Morgan fingerprint density at radius 1 is 1.16 bits per heavy atom. The normalized spacial score (nSPS) is 17.3. The van der Waals surface area contributed by atoms with Gasteiger partial charge < -0.3 is 14.5 Å². The van der Waals surface area contributed by atoms with Crippen LogP contribution in [0.15, 0.2) is 71.3 Å². The van der Waals surface area contributed by atoms with Crippen molar-refractivity contribution < 1.29 is 13.9 Å². The average molecular weight is 450 g/mol. The summed E-state index contributed by atoms with van der Waals surface area (Å²) in [6.45, 7) is 0. The van der Waals surface area contributed by atoms with Gasteiger partial charge in [-0.05, 0) is 53.9 Å². The number of anilines is 2. The number of fused-ring (bicyclic) bond motifs is 1. The maximum Gasteiger partial charge on any atom is 0.293 e. The first-order chi connectivity index (χ1) is 15.6. The number of ether oxygens (including phenoxy) is 1. The SMILES string of the molecule is COc1ccc([C@H]2C[C@H](c3ccc(Cl)cc3)n3nc(NC(=O)c4ccco4)nc3N2)cc1. The van der Waals surface area contributed by atoms with E-state index in [0.717, 1.165) is 23.3 Å². The van der Waals surface area contributed by atoms with Gasteiger partial charge in [0.05, 0.1) is 25.5 Å². The van der Waals surface area contributed by atoms with Crippen molar-refractivity contribution in [1.82, 2.24) is 14.8 Å². The first-order valence-corrected chi connectivity index (χ1v) is 10.5. The van der Waals surface area contributed by atoms with Gasteiger partial charge in [0.2, 0.25) is 5.95 Å². The monoisotopic (exact) mass is 449 g/mol. The predicted molar refractivity (Wildman–Crippen MR) is 120 cm³/mol. The molecule has 5 rings (SSSR count). The molecule has 0 bridgehead atoms. The molecule has 2 N–H and O–H groups in total. The van der Waals surface area contributed by atoms with E-state index in [-0.39, 0.29) is 23.8 Å². The van der Waals surface area contributed by atoms with E-state index >= 15 is 0 Å². The number of aromatic nitrogens is 3. The summed E-state index contributed by atoms with van der Waals surface area (Å²) in [5, 5.41) is 11.4. The number of rotatable bonds is 5. The molecule has 1 aliphatic rings. The second kappa shape index (κ2) is 8.39. The van der Waals surface area contributed by atoms with Crippen LogP contribution in [0.4, 0.5) is 11.9 Å². The molecule has 1 aliphatic heterocycles. The Morgan fingerprint density at radius 2 is 1.91 bits per heavy atom. The van der Waals surface area contributed by atoms with Crippen molar-refractivity contribution in [2.75, 3.05) is 17.7 Å². The zero-order chi connectivity index (χ0) is 22.1. The number of hydrogen-bond donors (Lipinski definition) is 2. The summed E-state index contributed by atoms with van der Waals surface area (Å²) in [6, 6.07) is 18.7. The Labute approximate surface area is 189 Å². The Balaban J connectivity index is 1.48. The molecule has 0 saturated heterocycles. The van der Waals surface area contributed by atoms with E-state index in [4.69, 9.17) is 20.8 Å². The van der Waals surface area contributed by atoms with E-state index in [0.29, 0.717) is 11.0 Å². The lowest BCUT2D eigenvalue weighted by Gasteiger charge is -2.31. The number of amides is 1. The third kappa shape index (κ3) is 3.92. The van der Waals surface area contributed by atoms with Crippen molar-refractivity contribution in [2.45, 2.75) is 18.5 Å². The van der Waals surface area contributed by atoms with Crippen LogP contribution in [-0.2, 0) is 0 Å². The molecule has 3 heterocycles. The van der Waals surface area contributed by atoms with Crippen LogP contribution < -0.4 is 15.4 Å². The molecule has 9 heteroatoms. The summed E-state index contributed by atoms with van der Waals surface area (Å²) >= 11 is 6.10. The second-order valence-corrected chi connectivity index (χ2v) is 7.84. The molecule has 0 aliphatic carbocycles. The van der Waals surface area contributed by atoms with Gasteiger partial charge in [-0.15, -0.1) is 5.10 Å². The molecular weight excluding hydrogens is 430 g/mol. The molecular formula is C23H20ClN5O3. The minimum Gasteiger partial charge on any atom is -0.497 e. The summed E-state index contributed by atoms with van der Waals surface area (Å²) < 4.78 is 12.2. The molecule has 2 aromatic carbocycles. The first-order valence-electron chi connectivity index (χ1n) is 10.1. The highest BCUT2D eigenvalue weighted by Crippen LogP contribution is 2.38. The van der Waals surface area contributed by atoms with Crippen LogP contribution in [0, 0.1) is 0 Å². The zero-order valence-corrected chi connectivity index (χ0v) is 17.9. The number of hydrogen-bond acceptors (Lipinski definition) is 6. The summed E-state index contributed by atoms with van der Waals surface area (Å²) in [4.78, 5) is 16.9. The van der Waals surface area contributed by atoms with Gasteiger partial charge in [0.25, 0.3) is 11.9 Å². The quantitative estimate of drug-likeness (QED) is 0.448. The number of methoxy groups -OCH3 is 1. The Hall–Kier alpha value is -3.78.